The largest absolute Gasteiger partial charge is 0.447 e. The van der Waals surface area contributed by atoms with Gasteiger partial charge in [-0.3, -0.25) is 15.1 Å². The number of anilines is 1. The molecule has 4 N–H and O–H groups in total. The molecule has 1 heterocycles. The second-order valence-electron chi connectivity index (χ2n) is 7.80. The molecular formula is C24H26ClFN4O5. The number of fused-ring (bicyclic) bond motifs is 1. The number of carbonyl (C=O) groups is 2. The van der Waals surface area contributed by atoms with Crippen LogP contribution in [0.1, 0.15) is 18.9 Å². The van der Waals surface area contributed by atoms with E-state index in [1.807, 2.05) is 24.3 Å². The summed E-state index contributed by atoms with van der Waals surface area (Å²) in [7, 11) is 0. The van der Waals surface area contributed by atoms with E-state index in [2.05, 4.69) is 15.7 Å². The summed E-state index contributed by atoms with van der Waals surface area (Å²) in [6.07, 6.45) is -0.464. The predicted molar refractivity (Wildman–Crippen MR) is 129 cm³/mol. The molecule has 0 fully saturated rings. The Labute approximate surface area is 206 Å². The van der Waals surface area contributed by atoms with Crippen molar-refractivity contribution in [1.82, 2.24) is 15.4 Å². The fourth-order valence-electron chi connectivity index (χ4n) is 3.45. The van der Waals surface area contributed by atoms with Crippen molar-refractivity contribution < 1.29 is 28.9 Å². The molecule has 2 atom stereocenters. The van der Waals surface area contributed by atoms with Crippen molar-refractivity contribution in [3.63, 3.8) is 0 Å². The van der Waals surface area contributed by atoms with Crippen LogP contribution in [0.15, 0.2) is 54.7 Å². The smallest absolute Gasteiger partial charge is 0.412 e. The molecular weight excluding hydrogens is 479 g/mol. The summed E-state index contributed by atoms with van der Waals surface area (Å²) in [6, 6.07) is 12.6. The molecule has 0 unspecified atom stereocenters. The number of hydrogen-bond acceptors (Lipinski definition) is 7. The highest BCUT2D eigenvalue weighted by atomic mass is 35.5. The van der Waals surface area contributed by atoms with E-state index in [-0.39, 0.29) is 30.4 Å². The third kappa shape index (κ3) is 7.33. The number of hydrazine groups is 1. The molecule has 11 heteroatoms. The highest BCUT2D eigenvalue weighted by Crippen LogP contribution is 2.20. The average molecular weight is 505 g/mol. The Morgan fingerprint density at radius 1 is 1.20 bits per heavy atom. The third-order valence-electron chi connectivity index (χ3n) is 5.20. The zero-order chi connectivity index (χ0) is 25.4. The molecule has 1 aromatic heterocycles. The van der Waals surface area contributed by atoms with Crippen LogP contribution in [0, 0.1) is 5.82 Å². The maximum atomic E-state index is 13.7. The number of aromatic nitrogens is 1. The maximum absolute atomic E-state index is 13.7. The highest BCUT2D eigenvalue weighted by molar-refractivity contribution is 6.31. The number of nitrogens with one attached hydrogen (secondary N) is 2. The van der Waals surface area contributed by atoms with Crippen molar-refractivity contribution >= 4 is 40.2 Å². The van der Waals surface area contributed by atoms with Crippen molar-refractivity contribution in [2.75, 3.05) is 18.5 Å². The lowest BCUT2D eigenvalue weighted by molar-refractivity contribution is -0.137. The lowest BCUT2D eigenvalue weighted by atomic mass is 10.1. The number of halogens is 2. The summed E-state index contributed by atoms with van der Waals surface area (Å²) < 4.78 is 19.0. The fraction of sp³-hybridized carbons (Fsp3) is 0.292. The Morgan fingerprint density at radius 2 is 1.94 bits per heavy atom. The van der Waals surface area contributed by atoms with E-state index in [0.29, 0.717) is 5.56 Å². The van der Waals surface area contributed by atoms with Gasteiger partial charge in [-0.05, 0) is 23.1 Å². The van der Waals surface area contributed by atoms with Crippen molar-refractivity contribution in [2.45, 2.75) is 32.0 Å². The summed E-state index contributed by atoms with van der Waals surface area (Å²) >= 11 is 5.98. The first-order valence-corrected chi connectivity index (χ1v) is 11.2. The molecule has 0 bridgehead atoms. The Morgan fingerprint density at radius 3 is 2.66 bits per heavy atom. The summed E-state index contributed by atoms with van der Waals surface area (Å²) in [4.78, 5) is 28.9. The minimum Gasteiger partial charge on any atom is -0.447 e. The van der Waals surface area contributed by atoms with E-state index in [1.54, 1.807) is 18.3 Å². The van der Waals surface area contributed by atoms with Gasteiger partial charge in [-0.25, -0.2) is 19.6 Å². The van der Waals surface area contributed by atoms with Crippen LogP contribution in [0.4, 0.5) is 15.0 Å². The monoisotopic (exact) mass is 504 g/mol. The fourth-order valence-corrected chi connectivity index (χ4v) is 3.65. The quantitative estimate of drug-likeness (QED) is 0.312. The van der Waals surface area contributed by atoms with Crippen LogP contribution in [0.25, 0.3) is 10.8 Å². The SMILES string of the molecule is CC(=O)N(NCc1cccc(F)c1Cl)[C@@H](COC(=O)Nc1cc2ccccc2cn1)C[C@@H](O)CO. The van der Waals surface area contributed by atoms with E-state index < -0.39 is 36.6 Å². The van der Waals surface area contributed by atoms with Crippen LogP contribution in [-0.2, 0) is 16.1 Å². The van der Waals surface area contributed by atoms with Gasteiger partial charge >= 0.3 is 6.09 Å². The molecule has 0 radical (unpaired) electrons. The van der Waals surface area contributed by atoms with Crippen LogP contribution in [-0.4, -0.2) is 57.6 Å². The van der Waals surface area contributed by atoms with Crippen LogP contribution >= 0.6 is 11.6 Å². The number of carbonyl (C=O) groups excluding carboxylic acids is 2. The molecule has 0 aliphatic heterocycles. The molecule has 2 amide bonds. The molecule has 0 aliphatic rings. The van der Waals surface area contributed by atoms with Gasteiger partial charge in [-0.2, -0.15) is 0 Å². The molecule has 186 valence electrons. The lowest BCUT2D eigenvalue weighted by Gasteiger charge is -2.32. The Hall–Kier alpha value is -3.31. The Bertz CT molecular complexity index is 1180. The van der Waals surface area contributed by atoms with Gasteiger partial charge in [0.05, 0.1) is 23.8 Å². The summed E-state index contributed by atoms with van der Waals surface area (Å²) in [5.74, 6) is -0.772. The number of pyridine rings is 1. The molecule has 2 aromatic carbocycles. The Balaban J connectivity index is 1.67. The normalized spacial score (nSPS) is 12.7. The third-order valence-corrected chi connectivity index (χ3v) is 5.62. The van der Waals surface area contributed by atoms with Gasteiger partial charge in [0, 0.05) is 31.5 Å². The van der Waals surface area contributed by atoms with E-state index in [9.17, 15) is 24.2 Å². The standard InChI is InChI=1S/C24H26ClFN4O5/c1-15(32)30(28-12-18-7-4-8-21(26)23(18)25)19(10-20(33)13-31)14-35-24(34)29-22-9-16-5-2-3-6-17(16)11-27-22/h2-9,11,19-20,28,31,33H,10,12-14H2,1H3,(H,27,29,34)/t19-,20-/m1/s1. The van der Waals surface area contributed by atoms with E-state index in [4.69, 9.17) is 16.3 Å². The molecule has 3 rings (SSSR count). The number of aliphatic hydroxyl groups is 2. The van der Waals surface area contributed by atoms with E-state index in [1.165, 1.54) is 19.1 Å². The van der Waals surface area contributed by atoms with Crippen molar-refractivity contribution in [3.8, 4) is 0 Å². The second kappa shape index (κ2) is 12.4. The van der Waals surface area contributed by atoms with Crippen LogP contribution < -0.4 is 10.7 Å². The number of amides is 2. The zero-order valence-electron chi connectivity index (χ0n) is 18.9. The first-order chi connectivity index (χ1) is 16.8. The highest BCUT2D eigenvalue weighted by Gasteiger charge is 2.26. The lowest BCUT2D eigenvalue weighted by Crippen LogP contribution is -2.52. The van der Waals surface area contributed by atoms with Crippen LogP contribution in [0.3, 0.4) is 0 Å². The van der Waals surface area contributed by atoms with Crippen LogP contribution in [0.2, 0.25) is 5.02 Å². The number of nitrogens with zero attached hydrogens (tertiary/aromatic N) is 2. The van der Waals surface area contributed by atoms with E-state index in [0.717, 1.165) is 15.8 Å². The summed E-state index contributed by atoms with van der Waals surface area (Å²) in [5.41, 5.74) is 3.25. The van der Waals surface area contributed by atoms with Crippen molar-refractivity contribution in [1.29, 1.82) is 0 Å². The number of benzene rings is 2. The minimum absolute atomic E-state index is 0.00486. The van der Waals surface area contributed by atoms with Crippen LogP contribution in [0.5, 0.6) is 0 Å². The van der Waals surface area contributed by atoms with Gasteiger partial charge in [0.15, 0.2) is 0 Å². The van der Waals surface area contributed by atoms with Gasteiger partial charge in [-0.15, -0.1) is 0 Å². The molecule has 3 aromatic rings. The molecule has 0 saturated carbocycles. The zero-order valence-corrected chi connectivity index (χ0v) is 19.7. The van der Waals surface area contributed by atoms with Gasteiger partial charge in [-0.1, -0.05) is 48.0 Å². The van der Waals surface area contributed by atoms with Gasteiger partial charge in [0.1, 0.15) is 18.2 Å². The molecule has 0 aliphatic carbocycles. The number of aliphatic hydroxyl groups excluding tert-OH is 2. The predicted octanol–water partition coefficient (Wildman–Crippen LogP) is 3.24. The maximum Gasteiger partial charge on any atom is 0.412 e. The molecule has 0 spiro atoms. The first kappa shape index (κ1) is 26.3. The number of rotatable bonds is 10. The average Bonchev–Trinajstić information content (AvgIpc) is 2.84. The van der Waals surface area contributed by atoms with Gasteiger partial charge in [0.25, 0.3) is 0 Å². The minimum atomic E-state index is -1.17. The second-order valence-corrected chi connectivity index (χ2v) is 8.18. The van der Waals surface area contributed by atoms with E-state index >= 15 is 0 Å². The molecule has 35 heavy (non-hydrogen) atoms. The first-order valence-electron chi connectivity index (χ1n) is 10.8. The van der Waals surface area contributed by atoms with Crippen molar-refractivity contribution in [3.05, 3.63) is 71.1 Å². The topological polar surface area (TPSA) is 124 Å². The Kier molecular flexibility index (Phi) is 9.32. The molecule has 0 saturated heterocycles. The van der Waals surface area contributed by atoms with Crippen molar-refractivity contribution in [2.24, 2.45) is 0 Å². The number of hydrogen-bond donors (Lipinski definition) is 4. The molecule has 9 nitrogen and oxygen atoms in total. The summed E-state index contributed by atoms with van der Waals surface area (Å²) in [5, 5.41) is 24.6. The van der Waals surface area contributed by atoms with Gasteiger partial charge < -0.3 is 14.9 Å². The number of ether oxygens (including phenoxy) is 1. The summed E-state index contributed by atoms with van der Waals surface area (Å²) in [6.45, 7) is 0.414. The van der Waals surface area contributed by atoms with Gasteiger partial charge in [0.2, 0.25) is 5.91 Å².